The molecule has 0 amide bonds. The fraction of sp³-hybridized carbons (Fsp3) is 0.900. The highest BCUT2D eigenvalue weighted by molar-refractivity contribution is 5.76. The van der Waals surface area contributed by atoms with Gasteiger partial charge in [0.2, 0.25) is 5.79 Å². The second-order valence-electron chi connectivity index (χ2n) is 4.34. The van der Waals surface area contributed by atoms with Crippen molar-refractivity contribution < 1.29 is 23.0 Å². The van der Waals surface area contributed by atoms with Crippen molar-refractivity contribution in [3.63, 3.8) is 0 Å². The zero-order chi connectivity index (χ0) is 11.1. The van der Waals surface area contributed by atoms with Gasteiger partial charge >= 0.3 is 5.97 Å². The first-order valence-electron chi connectivity index (χ1n) is 5.21. The van der Waals surface area contributed by atoms with E-state index in [9.17, 15) is 13.6 Å². The summed E-state index contributed by atoms with van der Waals surface area (Å²) < 4.78 is 36.7. The molecule has 1 saturated carbocycles. The first-order valence-corrected chi connectivity index (χ1v) is 5.21. The Balaban J connectivity index is 2.19. The Bertz CT molecular complexity index is 272. The first-order chi connectivity index (χ1) is 6.95. The molecule has 0 N–H and O–H groups in total. The molecule has 0 radical (unpaired) electrons. The molecule has 1 spiro atoms. The lowest BCUT2D eigenvalue weighted by Gasteiger charge is -2.44. The Morgan fingerprint density at radius 1 is 1.33 bits per heavy atom. The zero-order valence-electron chi connectivity index (χ0n) is 8.59. The van der Waals surface area contributed by atoms with Gasteiger partial charge in [0.15, 0.2) is 0 Å². The van der Waals surface area contributed by atoms with Gasteiger partial charge in [-0.05, 0) is 19.8 Å². The second kappa shape index (κ2) is 3.40. The smallest absolute Gasteiger partial charge is 0.349 e. The minimum Gasteiger partial charge on any atom is -0.431 e. The van der Waals surface area contributed by atoms with Crippen LogP contribution in [0, 0.1) is 0 Å². The van der Waals surface area contributed by atoms with Crippen LogP contribution in [0.5, 0.6) is 0 Å². The van der Waals surface area contributed by atoms with Crippen LogP contribution in [0.3, 0.4) is 0 Å². The van der Waals surface area contributed by atoms with E-state index in [1.165, 1.54) is 0 Å². The molecule has 2 atom stereocenters. The predicted octanol–water partition coefficient (Wildman–Crippen LogP) is 2.24. The van der Waals surface area contributed by atoms with E-state index in [4.69, 9.17) is 9.47 Å². The molecule has 0 aromatic rings. The van der Waals surface area contributed by atoms with Gasteiger partial charge in [-0.3, -0.25) is 4.74 Å². The maximum Gasteiger partial charge on any atom is 0.349 e. The molecular formula is C10H14F2O3. The van der Waals surface area contributed by atoms with Gasteiger partial charge in [-0.2, -0.15) is 0 Å². The van der Waals surface area contributed by atoms with Crippen molar-refractivity contribution in [2.24, 2.45) is 0 Å². The van der Waals surface area contributed by atoms with Crippen LogP contribution in [0.15, 0.2) is 0 Å². The standard InChI is InChI=1S/C10H14F2O3/c1-9(12)7(11)8(13)14-10(15-9)5-3-2-4-6-10/h7H,2-6H2,1H3. The quantitative estimate of drug-likeness (QED) is 0.587. The normalized spacial score (nSPS) is 40.2. The number of alkyl halides is 2. The monoisotopic (exact) mass is 220 g/mol. The number of carbonyl (C=O) groups excluding carboxylic acids is 1. The van der Waals surface area contributed by atoms with E-state index < -0.39 is 23.8 Å². The Kier molecular flexibility index (Phi) is 2.45. The molecular weight excluding hydrogens is 206 g/mol. The van der Waals surface area contributed by atoms with Crippen molar-refractivity contribution in [2.75, 3.05) is 0 Å². The van der Waals surface area contributed by atoms with Crippen molar-refractivity contribution in [3.8, 4) is 0 Å². The lowest BCUT2D eigenvalue weighted by atomic mass is 9.92. The lowest BCUT2D eigenvalue weighted by molar-refractivity contribution is -0.357. The summed E-state index contributed by atoms with van der Waals surface area (Å²) >= 11 is 0. The summed E-state index contributed by atoms with van der Waals surface area (Å²) in [5.74, 6) is -4.93. The highest BCUT2D eigenvalue weighted by Crippen LogP contribution is 2.42. The van der Waals surface area contributed by atoms with Crippen LogP contribution in [0.2, 0.25) is 0 Å². The van der Waals surface area contributed by atoms with Crippen LogP contribution in [-0.4, -0.2) is 23.8 Å². The molecule has 15 heavy (non-hydrogen) atoms. The van der Waals surface area contributed by atoms with Gasteiger partial charge in [-0.25, -0.2) is 13.6 Å². The van der Waals surface area contributed by atoms with E-state index >= 15 is 0 Å². The third kappa shape index (κ3) is 1.85. The van der Waals surface area contributed by atoms with Crippen LogP contribution in [0.4, 0.5) is 8.78 Å². The highest BCUT2D eigenvalue weighted by atomic mass is 19.2. The number of hydrogen-bond acceptors (Lipinski definition) is 3. The minimum absolute atomic E-state index is 0.449. The molecule has 2 aliphatic rings. The second-order valence-corrected chi connectivity index (χ2v) is 4.34. The molecule has 0 bridgehead atoms. The fourth-order valence-electron chi connectivity index (χ4n) is 2.18. The number of rotatable bonds is 0. The molecule has 1 saturated heterocycles. The fourth-order valence-corrected chi connectivity index (χ4v) is 2.18. The summed E-state index contributed by atoms with van der Waals surface area (Å²) in [5.41, 5.74) is 0. The van der Waals surface area contributed by atoms with Gasteiger partial charge in [0.25, 0.3) is 12.0 Å². The van der Waals surface area contributed by atoms with Crippen molar-refractivity contribution in [1.82, 2.24) is 0 Å². The maximum absolute atomic E-state index is 13.6. The van der Waals surface area contributed by atoms with Crippen molar-refractivity contribution in [3.05, 3.63) is 0 Å². The van der Waals surface area contributed by atoms with E-state index in [1.807, 2.05) is 0 Å². The number of halogens is 2. The third-order valence-electron chi connectivity index (χ3n) is 2.95. The van der Waals surface area contributed by atoms with E-state index in [-0.39, 0.29) is 0 Å². The van der Waals surface area contributed by atoms with Crippen molar-refractivity contribution >= 4 is 5.97 Å². The van der Waals surface area contributed by atoms with Crippen LogP contribution < -0.4 is 0 Å². The van der Waals surface area contributed by atoms with Crippen LogP contribution in [-0.2, 0) is 14.3 Å². The maximum atomic E-state index is 13.6. The van der Waals surface area contributed by atoms with E-state index in [0.29, 0.717) is 12.8 Å². The highest BCUT2D eigenvalue weighted by Gasteiger charge is 2.56. The topological polar surface area (TPSA) is 35.5 Å². The number of esters is 1. The summed E-state index contributed by atoms with van der Waals surface area (Å²) in [6, 6.07) is 0. The summed E-state index contributed by atoms with van der Waals surface area (Å²) in [5, 5.41) is 0. The molecule has 0 aromatic heterocycles. The summed E-state index contributed by atoms with van der Waals surface area (Å²) in [4.78, 5) is 11.2. The average Bonchev–Trinajstić information content (AvgIpc) is 2.15. The van der Waals surface area contributed by atoms with Gasteiger partial charge in [-0.1, -0.05) is 6.42 Å². The van der Waals surface area contributed by atoms with E-state index in [1.54, 1.807) is 0 Å². The average molecular weight is 220 g/mol. The van der Waals surface area contributed by atoms with Gasteiger partial charge < -0.3 is 4.74 Å². The number of hydrogen-bond donors (Lipinski definition) is 0. The van der Waals surface area contributed by atoms with Crippen molar-refractivity contribution in [2.45, 2.75) is 56.8 Å². The number of ether oxygens (including phenoxy) is 2. The van der Waals surface area contributed by atoms with Gasteiger partial charge in [-0.15, -0.1) is 0 Å². The van der Waals surface area contributed by atoms with Crippen LogP contribution >= 0.6 is 0 Å². The molecule has 3 nitrogen and oxygen atoms in total. The minimum atomic E-state index is -2.56. The summed E-state index contributed by atoms with van der Waals surface area (Å²) in [6.07, 6.45) is 1.17. The number of carbonyl (C=O) groups is 1. The third-order valence-corrected chi connectivity index (χ3v) is 2.95. The van der Waals surface area contributed by atoms with Crippen molar-refractivity contribution in [1.29, 1.82) is 0 Å². The Hall–Kier alpha value is -0.710. The summed E-state index contributed by atoms with van der Waals surface area (Å²) in [6.45, 7) is 0.939. The van der Waals surface area contributed by atoms with Crippen LogP contribution in [0.1, 0.15) is 39.0 Å². The van der Waals surface area contributed by atoms with E-state index in [0.717, 1.165) is 26.2 Å². The SMILES string of the molecule is CC1(F)OC2(CCCCC2)OC(=O)C1F. The molecule has 0 aromatic carbocycles. The summed E-state index contributed by atoms with van der Waals surface area (Å²) in [7, 11) is 0. The predicted molar refractivity (Wildman–Crippen MR) is 47.4 cm³/mol. The van der Waals surface area contributed by atoms with Gasteiger partial charge in [0.1, 0.15) is 0 Å². The van der Waals surface area contributed by atoms with Crippen LogP contribution in [0.25, 0.3) is 0 Å². The Morgan fingerprint density at radius 2 is 1.93 bits per heavy atom. The molecule has 2 unspecified atom stereocenters. The first kappa shape index (κ1) is 10.8. The molecule has 1 aliphatic carbocycles. The molecule has 5 heteroatoms. The molecule has 86 valence electrons. The van der Waals surface area contributed by atoms with E-state index in [2.05, 4.69) is 0 Å². The Labute approximate surface area is 86.7 Å². The molecule has 1 aliphatic heterocycles. The van der Waals surface area contributed by atoms with Gasteiger partial charge in [0, 0.05) is 12.8 Å². The van der Waals surface area contributed by atoms with Gasteiger partial charge in [0.05, 0.1) is 0 Å². The lowest BCUT2D eigenvalue weighted by Crippen LogP contribution is -2.58. The molecule has 2 rings (SSSR count). The largest absolute Gasteiger partial charge is 0.431 e. The molecule has 2 fully saturated rings. The molecule has 1 heterocycles. The zero-order valence-corrected chi connectivity index (χ0v) is 8.59. The Morgan fingerprint density at radius 3 is 2.47 bits per heavy atom.